The fraction of sp³-hybridized carbons (Fsp3) is 0.500. The van der Waals surface area contributed by atoms with E-state index in [9.17, 15) is 13.2 Å². The molecule has 0 aromatic heterocycles. The van der Waals surface area contributed by atoms with Gasteiger partial charge in [0.2, 0.25) is 5.82 Å². The maximum Gasteiger partial charge on any atom is 0.201 e. The molecule has 0 bridgehead atoms. The molecule has 0 saturated heterocycles. The van der Waals surface area contributed by atoms with Gasteiger partial charge in [-0.2, -0.15) is 4.39 Å². The zero-order valence-electron chi connectivity index (χ0n) is 19.8. The Kier molecular flexibility index (Phi) is 7.97. The van der Waals surface area contributed by atoms with E-state index in [0.717, 1.165) is 51.4 Å². The molecule has 184 valence electrons. The lowest BCUT2D eigenvalue weighted by Gasteiger charge is -2.30. The molecule has 2 saturated carbocycles. The molecule has 0 atom stereocenters. The van der Waals surface area contributed by atoms with Gasteiger partial charge in [0.25, 0.3) is 0 Å². The van der Waals surface area contributed by atoms with Crippen molar-refractivity contribution in [3.8, 4) is 5.75 Å². The van der Waals surface area contributed by atoms with E-state index in [0.29, 0.717) is 11.1 Å². The Balaban J connectivity index is 1.38. The molecule has 0 amide bonds. The largest absolute Gasteiger partial charge is 0.494 e. The van der Waals surface area contributed by atoms with Crippen molar-refractivity contribution in [3.63, 3.8) is 0 Å². The lowest BCUT2D eigenvalue weighted by Crippen LogP contribution is -2.20. The van der Waals surface area contributed by atoms with Crippen LogP contribution in [0.4, 0.5) is 17.6 Å². The van der Waals surface area contributed by atoms with Gasteiger partial charge in [-0.1, -0.05) is 24.3 Å². The fourth-order valence-electron chi connectivity index (χ4n) is 5.51. The van der Waals surface area contributed by atoms with Gasteiger partial charge in [0.15, 0.2) is 23.2 Å². The minimum atomic E-state index is -0.999. The molecule has 2 aliphatic carbocycles. The quantitative estimate of drug-likeness (QED) is 0.395. The predicted octanol–water partition coefficient (Wildman–Crippen LogP) is 7.91. The Morgan fingerprint density at radius 2 is 1.24 bits per heavy atom. The van der Waals surface area contributed by atoms with Crippen LogP contribution in [0.15, 0.2) is 30.3 Å². The summed E-state index contributed by atoms with van der Waals surface area (Å²) in [7, 11) is 2.99. The number of hydrogen-bond acceptors (Lipinski definition) is 2. The molecule has 0 heterocycles. The molecular formula is C28H32F4O2. The number of methoxy groups -OCH3 is 2. The minimum Gasteiger partial charge on any atom is -0.494 e. The molecule has 2 aromatic carbocycles. The van der Waals surface area contributed by atoms with Gasteiger partial charge in [-0.15, -0.1) is 0 Å². The van der Waals surface area contributed by atoms with Gasteiger partial charge in [-0.3, -0.25) is 0 Å². The highest BCUT2D eigenvalue weighted by Gasteiger charge is 2.29. The Hall–Kier alpha value is -2.34. The summed E-state index contributed by atoms with van der Waals surface area (Å²) in [5.41, 5.74) is 1.11. The van der Waals surface area contributed by atoms with E-state index in [1.807, 2.05) is 6.08 Å². The lowest BCUT2D eigenvalue weighted by atomic mass is 9.77. The molecule has 2 fully saturated rings. The standard InChI is InChI=1S/C28H32F4O2/c1-33-21-12-9-19(10-13-21)23-15-14-22(26(30)27(23)31)18-6-3-17(4-7-18)5-8-20-11-16-24(34-2)28(32)25(20)29/h5,8,11,14-19,21H,3-4,6-7,9-10,12-13H2,1-2H3/b8-5+. The second kappa shape index (κ2) is 10.9. The van der Waals surface area contributed by atoms with Gasteiger partial charge in [-0.25, -0.2) is 13.2 Å². The Morgan fingerprint density at radius 1 is 0.676 bits per heavy atom. The molecule has 0 radical (unpaired) electrons. The molecule has 2 aromatic rings. The first-order valence-corrected chi connectivity index (χ1v) is 12.1. The van der Waals surface area contributed by atoms with Crippen LogP contribution in [0.1, 0.15) is 79.9 Å². The van der Waals surface area contributed by atoms with Gasteiger partial charge < -0.3 is 9.47 Å². The molecule has 2 aliphatic rings. The number of halogens is 4. The van der Waals surface area contributed by atoms with Crippen molar-refractivity contribution in [2.45, 2.75) is 69.3 Å². The van der Waals surface area contributed by atoms with Crippen LogP contribution in [0, 0.1) is 29.2 Å². The number of benzene rings is 2. The number of hydrogen-bond donors (Lipinski definition) is 0. The van der Waals surface area contributed by atoms with E-state index in [2.05, 4.69) is 0 Å². The van der Waals surface area contributed by atoms with E-state index in [4.69, 9.17) is 9.47 Å². The van der Waals surface area contributed by atoms with Crippen molar-refractivity contribution in [3.05, 3.63) is 70.3 Å². The molecule has 34 heavy (non-hydrogen) atoms. The highest BCUT2D eigenvalue weighted by Crippen LogP contribution is 2.41. The number of allylic oxidation sites excluding steroid dienone is 1. The normalized spacial score (nSPS) is 25.6. The average molecular weight is 477 g/mol. The summed E-state index contributed by atoms with van der Waals surface area (Å²) in [4.78, 5) is 0. The van der Waals surface area contributed by atoms with E-state index in [1.165, 1.54) is 19.2 Å². The summed E-state index contributed by atoms with van der Waals surface area (Å²) in [5, 5.41) is 0. The van der Waals surface area contributed by atoms with Gasteiger partial charge in [0.1, 0.15) is 0 Å². The van der Waals surface area contributed by atoms with Crippen molar-refractivity contribution in [2.75, 3.05) is 14.2 Å². The molecule has 6 heteroatoms. The van der Waals surface area contributed by atoms with E-state index in [-0.39, 0.29) is 35.2 Å². The Morgan fingerprint density at radius 3 is 1.76 bits per heavy atom. The van der Waals surface area contributed by atoms with E-state index in [1.54, 1.807) is 25.3 Å². The van der Waals surface area contributed by atoms with Crippen molar-refractivity contribution >= 4 is 6.08 Å². The van der Waals surface area contributed by atoms with Crippen LogP contribution in [0.5, 0.6) is 5.75 Å². The average Bonchev–Trinajstić information content (AvgIpc) is 2.87. The van der Waals surface area contributed by atoms with Crippen molar-refractivity contribution in [2.24, 2.45) is 5.92 Å². The second-order valence-corrected chi connectivity index (χ2v) is 9.54. The van der Waals surface area contributed by atoms with E-state index < -0.39 is 23.3 Å². The summed E-state index contributed by atoms with van der Waals surface area (Å²) in [6, 6.07) is 6.44. The summed E-state index contributed by atoms with van der Waals surface area (Å²) in [5.74, 6) is -3.27. The molecule has 0 N–H and O–H groups in total. The molecular weight excluding hydrogens is 444 g/mol. The van der Waals surface area contributed by atoms with Gasteiger partial charge in [0.05, 0.1) is 13.2 Å². The highest BCUT2D eigenvalue weighted by molar-refractivity contribution is 5.52. The maximum atomic E-state index is 15.1. The van der Waals surface area contributed by atoms with Gasteiger partial charge in [-0.05, 0) is 92.4 Å². The minimum absolute atomic E-state index is 0.0346. The molecule has 0 spiro atoms. The topological polar surface area (TPSA) is 18.5 Å². The summed E-state index contributed by atoms with van der Waals surface area (Å²) in [6.45, 7) is 0. The van der Waals surface area contributed by atoms with Crippen LogP contribution in [0.3, 0.4) is 0 Å². The molecule has 0 unspecified atom stereocenters. The van der Waals surface area contributed by atoms with Crippen LogP contribution in [0.25, 0.3) is 6.08 Å². The van der Waals surface area contributed by atoms with Crippen LogP contribution in [0.2, 0.25) is 0 Å². The van der Waals surface area contributed by atoms with Crippen LogP contribution in [-0.4, -0.2) is 20.3 Å². The van der Waals surface area contributed by atoms with Gasteiger partial charge in [0, 0.05) is 12.7 Å². The number of ether oxygens (including phenoxy) is 2. The second-order valence-electron chi connectivity index (χ2n) is 9.54. The Bertz CT molecular complexity index is 1020. The third kappa shape index (κ3) is 5.17. The van der Waals surface area contributed by atoms with Crippen LogP contribution in [-0.2, 0) is 4.74 Å². The summed E-state index contributed by atoms with van der Waals surface area (Å²) < 4.78 is 68.3. The Labute approximate surface area is 199 Å². The van der Waals surface area contributed by atoms with Crippen molar-refractivity contribution in [1.82, 2.24) is 0 Å². The third-order valence-corrected chi connectivity index (χ3v) is 7.65. The van der Waals surface area contributed by atoms with Crippen molar-refractivity contribution < 1.29 is 27.0 Å². The SMILES string of the molecule is COc1ccc(/C=C/C2CCC(c3ccc(C4CCC(OC)CC4)c(F)c3F)CC2)c(F)c1F. The maximum absolute atomic E-state index is 15.1. The number of rotatable bonds is 6. The molecule has 4 rings (SSSR count). The fourth-order valence-corrected chi connectivity index (χ4v) is 5.51. The monoisotopic (exact) mass is 476 g/mol. The first-order valence-electron chi connectivity index (χ1n) is 12.1. The molecule has 2 nitrogen and oxygen atoms in total. The smallest absolute Gasteiger partial charge is 0.201 e. The third-order valence-electron chi connectivity index (χ3n) is 7.65. The van der Waals surface area contributed by atoms with E-state index >= 15 is 4.39 Å². The predicted molar refractivity (Wildman–Crippen MR) is 125 cm³/mol. The lowest BCUT2D eigenvalue weighted by molar-refractivity contribution is 0.0655. The zero-order valence-corrected chi connectivity index (χ0v) is 19.8. The highest BCUT2D eigenvalue weighted by atomic mass is 19.2. The van der Waals surface area contributed by atoms with Crippen LogP contribution >= 0.6 is 0 Å². The van der Waals surface area contributed by atoms with Crippen molar-refractivity contribution in [1.29, 1.82) is 0 Å². The summed E-state index contributed by atoms with van der Waals surface area (Å²) in [6.07, 6.45) is 10.1. The first-order chi connectivity index (χ1) is 16.4. The first kappa shape index (κ1) is 24.8. The summed E-state index contributed by atoms with van der Waals surface area (Å²) >= 11 is 0. The molecule has 0 aliphatic heterocycles. The van der Waals surface area contributed by atoms with Gasteiger partial charge >= 0.3 is 0 Å². The van der Waals surface area contributed by atoms with Crippen LogP contribution < -0.4 is 4.74 Å². The zero-order chi connectivity index (χ0) is 24.2.